The molecule has 2 aromatic rings. The van der Waals surface area contributed by atoms with Crippen LogP contribution in [0.1, 0.15) is 15.9 Å². The van der Waals surface area contributed by atoms with Crippen molar-refractivity contribution in [3.05, 3.63) is 65.5 Å². The van der Waals surface area contributed by atoms with Crippen LogP contribution in [0, 0.1) is 5.82 Å². The zero-order chi connectivity index (χ0) is 17.8. The summed E-state index contributed by atoms with van der Waals surface area (Å²) in [5.74, 6) is -0.412. The summed E-state index contributed by atoms with van der Waals surface area (Å²) in [6, 6.07) is 12.3. The number of amides is 2. The van der Waals surface area contributed by atoms with E-state index in [1.54, 1.807) is 24.3 Å². The molecule has 1 N–H and O–H groups in total. The van der Waals surface area contributed by atoms with Crippen molar-refractivity contribution in [1.29, 1.82) is 0 Å². The first-order valence-electron chi connectivity index (χ1n) is 7.53. The van der Waals surface area contributed by atoms with E-state index in [4.69, 9.17) is 4.74 Å². The minimum atomic E-state index is -0.417. The van der Waals surface area contributed by atoms with Gasteiger partial charge in [0, 0.05) is 5.56 Å². The van der Waals surface area contributed by atoms with E-state index in [0.717, 1.165) is 17.3 Å². The maximum Gasteiger partial charge on any atom is 0.286 e. The summed E-state index contributed by atoms with van der Waals surface area (Å²) in [7, 11) is 0. The van der Waals surface area contributed by atoms with Gasteiger partial charge in [-0.25, -0.2) is 4.39 Å². The number of ether oxygens (including phenoxy) is 1. The number of hydrogen-bond acceptors (Lipinski definition) is 5. The van der Waals surface area contributed by atoms with E-state index in [1.807, 2.05) is 0 Å². The summed E-state index contributed by atoms with van der Waals surface area (Å²) in [6.07, 6.45) is 0.441. The Morgan fingerprint density at radius 1 is 1.08 bits per heavy atom. The van der Waals surface area contributed by atoms with Crippen LogP contribution in [0.15, 0.2) is 48.5 Å². The molecule has 3 rings (SSSR count). The zero-order valence-corrected chi connectivity index (χ0v) is 13.8. The van der Waals surface area contributed by atoms with Crippen molar-refractivity contribution in [1.82, 2.24) is 5.32 Å². The van der Waals surface area contributed by atoms with E-state index in [1.165, 1.54) is 24.3 Å². The van der Waals surface area contributed by atoms with Crippen LogP contribution in [-0.4, -0.2) is 28.8 Å². The molecule has 0 bridgehead atoms. The smallest absolute Gasteiger partial charge is 0.286 e. The van der Waals surface area contributed by atoms with Crippen LogP contribution in [0.5, 0.6) is 5.75 Å². The molecule has 7 heteroatoms. The Morgan fingerprint density at radius 3 is 2.36 bits per heavy atom. The summed E-state index contributed by atoms with van der Waals surface area (Å²) in [5.41, 5.74) is 1.27. The van der Waals surface area contributed by atoms with E-state index in [9.17, 15) is 18.8 Å². The van der Waals surface area contributed by atoms with E-state index < -0.39 is 11.1 Å². The van der Waals surface area contributed by atoms with Gasteiger partial charge in [-0.05, 0) is 48.4 Å². The number of hydrogen-bond donors (Lipinski definition) is 1. The Balaban J connectivity index is 1.54. The molecule has 0 spiro atoms. The van der Waals surface area contributed by atoms with Gasteiger partial charge in [0.15, 0.2) is 12.4 Å². The van der Waals surface area contributed by atoms with Crippen LogP contribution in [0.3, 0.4) is 0 Å². The number of ketones is 1. The summed E-state index contributed by atoms with van der Waals surface area (Å²) in [4.78, 5) is 34.7. The average molecular weight is 359 g/mol. The molecule has 0 aliphatic carbocycles. The third-order valence-corrected chi connectivity index (χ3v) is 4.63. The molecule has 1 saturated heterocycles. The quantitative estimate of drug-likeness (QED) is 0.803. The predicted molar refractivity (Wildman–Crippen MR) is 91.3 cm³/mol. The second kappa shape index (κ2) is 7.48. The third-order valence-electron chi connectivity index (χ3n) is 3.65. The minimum absolute atomic E-state index is 0.152. The lowest BCUT2D eigenvalue weighted by molar-refractivity contribution is -0.118. The number of Topliss-reactive ketones (excluding diaryl/α,β-unsaturated/α-hetero) is 1. The molecule has 128 valence electrons. The summed E-state index contributed by atoms with van der Waals surface area (Å²) in [6.45, 7) is -0.152. The Hall–Kier alpha value is -2.67. The lowest BCUT2D eigenvalue weighted by Crippen LogP contribution is -2.25. The van der Waals surface area contributed by atoms with Crippen molar-refractivity contribution in [2.45, 2.75) is 11.7 Å². The normalized spacial score (nSPS) is 16.6. The molecule has 1 atom stereocenters. The third kappa shape index (κ3) is 4.45. The zero-order valence-electron chi connectivity index (χ0n) is 13.0. The molecule has 2 amide bonds. The van der Waals surface area contributed by atoms with E-state index in [0.29, 0.717) is 17.7 Å². The van der Waals surface area contributed by atoms with Gasteiger partial charge < -0.3 is 4.74 Å². The van der Waals surface area contributed by atoms with Crippen molar-refractivity contribution < 1.29 is 23.5 Å². The number of thioether (sulfide) groups is 1. The molecule has 1 unspecified atom stereocenters. The monoisotopic (exact) mass is 359 g/mol. The van der Waals surface area contributed by atoms with Gasteiger partial charge in [0.25, 0.3) is 5.24 Å². The fourth-order valence-corrected chi connectivity index (χ4v) is 3.19. The molecule has 1 fully saturated rings. The van der Waals surface area contributed by atoms with Crippen LogP contribution in [0.2, 0.25) is 0 Å². The topological polar surface area (TPSA) is 72.5 Å². The summed E-state index contributed by atoms with van der Waals surface area (Å²) in [5, 5.41) is 1.51. The van der Waals surface area contributed by atoms with Crippen molar-refractivity contribution >= 4 is 28.7 Å². The van der Waals surface area contributed by atoms with Gasteiger partial charge in [-0.3, -0.25) is 19.7 Å². The number of nitrogens with one attached hydrogen (secondary N) is 1. The van der Waals surface area contributed by atoms with Crippen molar-refractivity contribution in [2.75, 3.05) is 6.61 Å². The van der Waals surface area contributed by atoms with Crippen molar-refractivity contribution in [3.63, 3.8) is 0 Å². The maximum atomic E-state index is 12.8. The molecule has 1 aliphatic heterocycles. The van der Waals surface area contributed by atoms with Gasteiger partial charge in [-0.2, -0.15) is 0 Å². The van der Waals surface area contributed by atoms with Crippen LogP contribution < -0.4 is 10.1 Å². The van der Waals surface area contributed by atoms with Gasteiger partial charge in [-0.1, -0.05) is 23.9 Å². The highest BCUT2D eigenvalue weighted by Gasteiger charge is 2.31. The molecule has 5 nitrogen and oxygen atoms in total. The molecular weight excluding hydrogens is 345 g/mol. The number of imide groups is 1. The Morgan fingerprint density at radius 2 is 1.76 bits per heavy atom. The van der Waals surface area contributed by atoms with E-state index in [-0.39, 0.29) is 23.5 Å². The number of halogens is 1. The molecular formula is C18H14FNO4S. The van der Waals surface area contributed by atoms with Crippen LogP contribution in [-0.2, 0) is 11.2 Å². The van der Waals surface area contributed by atoms with Gasteiger partial charge in [0.1, 0.15) is 11.6 Å². The molecule has 1 heterocycles. The first kappa shape index (κ1) is 17.2. The predicted octanol–water partition coefficient (Wildman–Crippen LogP) is 2.98. The van der Waals surface area contributed by atoms with Gasteiger partial charge in [0.2, 0.25) is 5.91 Å². The fourth-order valence-electron chi connectivity index (χ4n) is 2.33. The van der Waals surface area contributed by atoms with Gasteiger partial charge >= 0.3 is 0 Å². The van der Waals surface area contributed by atoms with Gasteiger partial charge in [-0.15, -0.1) is 0 Å². The number of carbonyl (C=O) groups is 3. The molecule has 25 heavy (non-hydrogen) atoms. The highest BCUT2D eigenvalue weighted by molar-refractivity contribution is 8.15. The highest BCUT2D eigenvalue weighted by atomic mass is 32.2. The van der Waals surface area contributed by atoms with Crippen LogP contribution in [0.4, 0.5) is 9.18 Å². The Labute approximate surface area is 147 Å². The SMILES string of the molecule is O=C1NC(=O)C(Cc2ccc(OCC(=O)c3ccc(F)cc3)cc2)S1. The largest absolute Gasteiger partial charge is 0.485 e. The van der Waals surface area contributed by atoms with Gasteiger partial charge in [0.05, 0.1) is 5.25 Å². The molecule has 0 aromatic heterocycles. The Kier molecular flexibility index (Phi) is 5.14. The summed E-state index contributed by atoms with van der Waals surface area (Å²) < 4.78 is 18.3. The number of rotatable bonds is 6. The fraction of sp³-hybridized carbons (Fsp3) is 0.167. The number of carbonyl (C=O) groups excluding carboxylic acids is 3. The molecule has 2 aromatic carbocycles. The minimum Gasteiger partial charge on any atom is -0.485 e. The lowest BCUT2D eigenvalue weighted by atomic mass is 10.1. The second-order valence-electron chi connectivity index (χ2n) is 5.45. The molecule has 1 aliphatic rings. The van der Waals surface area contributed by atoms with E-state index in [2.05, 4.69) is 5.32 Å². The highest BCUT2D eigenvalue weighted by Crippen LogP contribution is 2.23. The van der Waals surface area contributed by atoms with Crippen LogP contribution in [0.25, 0.3) is 0 Å². The first-order valence-corrected chi connectivity index (χ1v) is 8.41. The van der Waals surface area contributed by atoms with Crippen molar-refractivity contribution in [3.8, 4) is 5.75 Å². The average Bonchev–Trinajstić information content (AvgIpc) is 2.92. The first-order chi connectivity index (χ1) is 12.0. The maximum absolute atomic E-state index is 12.8. The standard InChI is InChI=1S/C18H14FNO4S/c19-13-5-3-12(4-6-13)15(21)10-24-14-7-1-11(2-8-14)9-16-17(22)20-18(23)25-16/h1-8,16H,9-10H2,(H,20,22,23). The molecule has 0 radical (unpaired) electrons. The summed E-state index contributed by atoms with van der Waals surface area (Å²) >= 11 is 0.983. The molecule has 0 saturated carbocycles. The Bertz CT molecular complexity index is 805. The number of benzene rings is 2. The van der Waals surface area contributed by atoms with E-state index >= 15 is 0 Å². The lowest BCUT2D eigenvalue weighted by Gasteiger charge is -2.08. The van der Waals surface area contributed by atoms with Crippen molar-refractivity contribution in [2.24, 2.45) is 0 Å². The van der Waals surface area contributed by atoms with Crippen LogP contribution >= 0.6 is 11.8 Å². The second-order valence-corrected chi connectivity index (χ2v) is 6.63.